The Balaban J connectivity index is 2.38. The summed E-state index contributed by atoms with van der Waals surface area (Å²) in [5, 5.41) is 0. The average molecular weight is 211 g/mol. The maximum absolute atomic E-state index is 11.9. The minimum Gasteiger partial charge on any atom is -0.298 e. The van der Waals surface area contributed by atoms with E-state index in [0.717, 1.165) is 25.4 Å². The van der Waals surface area contributed by atoms with E-state index in [9.17, 15) is 4.79 Å². The molecule has 1 aliphatic rings. The summed E-state index contributed by atoms with van der Waals surface area (Å²) in [5.41, 5.74) is -0.185. The van der Waals surface area contributed by atoms with Crippen molar-refractivity contribution in [3.63, 3.8) is 0 Å². The minimum absolute atomic E-state index is 0.185. The van der Waals surface area contributed by atoms with Crippen LogP contribution in [-0.2, 0) is 4.79 Å². The smallest absolute Gasteiger partial charge is 0.152 e. The first-order valence-electron chi connectivity index (χ1n) is 6.19. The van der Waals surface area contributed by atoms with Crippen molar-refractivity contribution in [2.24, 2.45) is 11.3 Å². The van der Waals surface area contributed by atoms with Gasteiger partial charge in [-0.1, -0.05) is 27.7 Å². The lowest BCUT2D eigenvalue weighted by molar-refractivity contribution is -0.127. The zero-order valence-electron chi connectivity index (χ0n) is 10.7. The van der Waals surface area contributed by atoms with Crippen molar-refractivity contribution in [2.75, 3.05) is 19.6 Å². The summed E-state index contributed by atoms with van der Waals surface area (Å²) in [6.07, 6.45) is 3.87. The lowest BCUT2D eigenvalue weighted by atomic mass is 9.90. The molecule has 15 heavy (non-hydrogen) atoms. The predicted molar refractivity (Wildman–Crippen MR) is 63.9 cm³/mol. The summed E-state index contributed by atoms with van der Waals surface area (Å²) >= 11 is 0. The van der Waals surface area contributed by atoms with Gasteiger partial charge in [0.15, 0.2) is 5.78 Å². The summed E-state index contributed by atoms with van der Waals surface area (Å²) in [7, 11) is 0. The summed E-state index contributed by atoms with van der Waals surface area (Å²) in [5.74, 6) is 1.25. The number of nitrogens with zero attached hydrogens (tertiary/aromatic N) is 1. The monoisotopic (exact) mass is 211 g/mol. The largest absolute Gasteiger partial charge is 0.298 e. The van der Waals surface area contributed by atoms with Crippen LogP contribution in [0.5, 0.6) is 0 Å². The van der Waals surface area contributed by atoms with Gasteiger partial charge in [-0.15, -0.1) is 0 Å². The van der Waals surface area contributed by atoms with Gasteiger partial charge in [0.05, 0.1) is 6.54 Å². The topological polar surface area (TPSA) is 20.3 Å². The van der Waals surface area contributed by atoms with Crippen molar-refractivity contribution >= 4 is 5.78 Å². The van der Waals surface area contributed by atoms with Crippen molar-refractivity contribution in [1.82, 2.24) is 4.90 Å². The molecule has 0 heterocycles. The van der Waals surface area contributed by atoms with E-state index < -0.39 is 0 Å². The van der Waals surface area contributed by atoms with Crippen molar-refractivity contribution in [3.05, 3.63) is 0 Å². The number of carbonyl (C=O) groups excluding carboxylic acids is 1. The van der Waals surface area contributed by atoms with E-state index in [1.807, 2.05) is 20.8 Å². The van der Waals surface area contributed by atoms with Gasteiger partial charge in [0.2, 0.25) is 0 Å². The molecule has 0 aromatic rings. The van der Waals surface area contributed by atoms with Gasteiger partial charge in [0.1, 0.15) is 0 Å². The van der Waals surface area contributed by atoms with Crippen molar-refractivity contribution in [1.29, 1.82) is 0 Å². The molecule has 1 rings (SSSR count). The summed E-state index contributed by atoms with van der Waals surface area (Å²) in [4.78, 5) is 14.2. The van der Waals surface area contributed by atoms with Crippen LogP contribution in [0.4, 0.5) is 0 Å². The second-order valence-corrected chi connectivity index (χ2v) is 5.85. The van der Waals surface area contributed by atoms with Gasteiger partial charge in [0.25, 0.3) is 0 Å². The number of Topliss-reactive ketones (excluding diaryl/α,β-unsaturated/α-hetero) is 1. The molecule has 0 unspecified atom stereocenters. The Bertz CT molecular complexity index is 213. The van der Waals surface area contributed by atoms with Crippen molar-refractivity contribution < 1.29 is 4.79 Å². The molecule has 0 amide bonds. The molecule has 0 radical (unpaired) electrons. The fourth-order valence-electron chi connectivity index (χ4n) is 1.66. The third-order valence-corrected chi connectivity index (χ3v) is 2.96. The summed E-state index contributed by atoms with van der Waals surface area (Å²) in [6.45, 7) is 11.1. The van der Waals surface area contributed by atoms with Gasteiger partial charge in [-0.3, -0.25) is 9.69 Å². The Kier molecular flexibility index (Phi) is 4.32. The highest BCUT2D eigenvalue weighted by Crippen LogP contribution is 2.30. The normalized spacial score (nSPS) is 17.1. The first-order valence-corrected chi connectivity index (χ1v) is 6.19. The molecule has 2 heteroatoms. The van der Waals surface area contributed by atoms with E-state index in [0.29, 0.717) is 12.3 Å². The van der Waals surface area contributed by atoms with Crippen LogP contribution in [0.3, 0.4) is 0 Å². The summed E-state index contributed by atoms with van der Waals surface area (Å²) in [6, 6.07) is 0. The van der Waals surface area contributed by atoms with Crippen LogP contribution in [0.25, 0.3) is 0 Å². The Morgan fingerprint density at radius 1 is 1.33 bits per heavy atom. The van der Waals surface area contributed by atoms with Crippen LogP contribution < -0.4 is 0 Å². The maximum atomic E-state index is 11.9. The van der Waals surface area contributed by atoms with Crippen LogP contribution >= 0.6 is 0 Å². The Hall–Kier alpha value is -0.370. The van der Waals surface area contributed by atoms with Crippen molar-refractivity contribution in [3.8, 4) is 0 Å². The molecular formula is C13H25NO. The van der Waals surface area contributed by atoms with E-state index >= 15 is 0 Å². The van der Waals surface area contributed by atoms with Gasteiger partial charge in [-0.05, 0) is 31.7 Å². The van der Waals surface area contributed by atoms with Gasteiger partial charge < -0.3 is 0 Å². The number of hydrogen-bond donors (Lipinski definition) is 0. The molecule has 1 fully saturated rings. The van der Waals surface area contributed by atoms with Crippen LogP contribution in [-0.4, -0.2) is 30.3 Å². The first kappa shape index (κ1) is 12.7. The first-order chi connectivity index (χ1) is 6.93. The summed E-state index contributed by atoms with van der Waals surface area (Å²) < 4.78 is 0. The molecule has 88 valence electrons. The number of carbonyl (C=O) groups is 1. The van der Waals surface area contributed by atoms with E-state index in [-0.39, 0.29) is 5.41 Å². The van der Waals surface area contributed by atoms with Crippen LogP contribution in [0.1, 0.15) is 47.0 Å². The average Bonchev–Trinajstić information content (AvgIpc) is 2.86. The van der Waals surface area contributed by atoms with Gasteiger partial charge in [-0.25, -0.2) is 0 Å². The second kappa shape index (κ2) is 5.11. The minimum atomic E-state index is -0.185. The van der Waals surface area contributed by atoms with Gasteiger partial charge in [0, 0.05) is 12.0 Å². The van der Waals surface area contributed by atoms with Crippen LogP contribution in [0.2, 0.25) is 0 Å². The van der Waals surface area contributed by atoms with Crippen LogP contribution in [0, 0.1) is 11.3 Å². The van der Waals surface area contributed by atoms with Gasteiger partial charge in [-0.2, -0.15) is 0 Å². The Morgan fingerprint density at radius 2 is 1.93 bits per heavy atom. The fraction of sp³-hybridized carbons (Fsp3) is 0.923. The van der Waals surface area contributed by atoms with E-state index in [1.165, 1.54) is 12.8 Å². The number of hydrogen-bond acceptors (Lipinski definition) is 2. The molecule has 2 nitrogen and oxygen atoms in total. The van der Waals surface area contributed by atoms with Crippen LogP contribution in [0.15, 0.2) is 0 Å². The highest BCUT2D eigenvalue weighted by molar-refractivity contribution is 5.85. The van der Waals surface area contributed by atoms with Crippen molar-refractivity contribution in [2.45, 2.75) is 47.0 Å². The fourth-order valence-corrected chi connectivity index (χ4v) is 1.66. The lowest BCUT2D eigenvalue weighted by Crippen LogP contribution is -2.37. The molecule has 0 saturated heterocycles. The predicted octanol–water partition coefficient (Wildman–Crippen LogP) is 2.72. The zero-order valence-corrected chi connectivity index (χ0v) is 10.7. The third kappa shape index (κ3) is 4.78. The molecular weight excluding hydrogens is 186 g/mol. The number of ketones is 1. The molecule has 0 N–H and O–H groups in total. The Morgan fingerprint density at radius 3 is 2.33 bits per heavy atom. The molecule has 0 aromatic carbocycles. The second-order valence-electron chi connectivity index (χ2n) is 5.85. The zero-order chi connectivity index (χ0) is 11.5. The molecule has 0 aliphatic heterocycles. The number of rotatable bonds is 6. The quantitative estimate of drug-likeness (QED) is 0.673. The highest BCUT2D eigenvalue weighted by atomic mass is 16.1. The molecule has 0 aromatic heterocycles. The van der Waals surface area contributed by atoms with E-state index in [2.05, 4.69) is 11.8 Å². The van der Waals surface area contributed by atoms with Gasteiger partial charge >= 0.3 is 0 Å². The molecule has 0 bridgehead atoms. The molecule has 0 atom stereocenters. The van der Waals surface area contributed by atoms with E-state index in [4.69, 9.17) is 0 Å². The molecule has 1 aliphatic carbocycles. The maximum Gasteiger partial charge on any atom is 0.152 e. The Labute approximate surface area is 94.0 Å². The third-order valence-electron chi connectivity index (χ3n) is 2.96. The standard InChI is InChI=1S/C13H25NO/c1-5-8-14(9-11-6-7-11)10-12(15)13(2,3)4/h11H,5-10H2,1-4H3. The SMILES string of the molecule is CCCN(CC(=O)C(C)(C)C)CC1CC1. The lowest BCUT2D eigenvalue weighted by Gasteiger charge is -2.25. The van der Waals surface area contributed by atoms with E-state index in [1.54, 1.807) is 0 Å². The molecule has 1 saturated carbocycles. The molecule has 0 spiro atoms. The highest BCUT2D eigenvalue weighted by Gasteiger charge is 2.27.